The fourth-order valence-electron chi connectivity index (χ4n) is 3.77. The molecule has 0 spiro atoms. The van der Waals surface area contributed by atoms with E-state index >= 15 is 0 Å². The van der Waals surface area contributed by atoms with Crippen LogP contribution in [0.25, 0.3) is 0 Å². The summed E-state index contributed by atoms with van der Waals surface area (Å²) in [5.74, 6) is 0.497. The molecule has 0 radical (unpaired) electrons. The highest BCUT2D eigenvalue weighted by molar-refractivity contribution is 7.89. The molecular weight excluding hydrogens is 404 g/mol. The van der Waals surface area contributed by atoms with Gasteiger partial charge in [0, 0.05) is 38.9 Å². The van der Waals surface area contributed by atoms with E-state index in [0.717, 1.165) is 37.3 Å². The second-order valence-corrected chi connectivity index (χ2v) is 9.32. The molecule has 160 valence electrons. The predicted molar refractivity (Wildman–Crippen MR) is 113 cm³/mol. The quantitative estimate of drug-likeness (QED) is 0.749. The highest BCUT2D eigenvalue weighted by Crippen LogP contribution is 2.22. The molecule has 9 heteroatoms. The number of nitrogens with one attached hydrogen (secondary N) is 1. The smallest absolute Gasteiger partial charge is 0.252 e. The Balaban J connectivity index is 1.49. The summed E-state index contributed by atoms with van der Waals surface area (Å²) in [5.41, 5.74) is 1.08. The summed E-state index contributed by atoms with van der Waals surface area (Å²) in [5, 5.41) is 2.86. The van der Waals surface area contributed by atoms with E-state index in [1.807, 2.05) is 12.1 Å². The normalized spacial score (nSPS) is 17.8. The Kier molecular flexibility index (Phi) is 6.31. The third-order valence-corrected chi connectivity index (χ3v) is 7.37. The average molecular weight is 431 g/mol. The molecule has 1 aromatic carbocycles. The standard InChI is InChI=1S/C21H26N4O4S/c26-21(23-16-17-7-8-22-20(15-17)24-9-3-4-10-24)18-5-1-2-6-19(18)30(27,28)25-11-13-29-14-12-25/h1-2,5-8,15H,3-4,9-14,16H2,(H,23,26). The van der Waals surface area contributed by atoms with E-state index < -0.39 is 15.9 Å². The zero-order valence-electron chi connectivity index (χ0n) is 16.8. The first-order chi connectivity index (χ1) is 14.6. The van der Waals surface area contributed by atoms with Gasteiger partial charge in [-0.05, 0) is 42.7 Å². The van der Waals surface area contributed by atoms with Crippen LogP contribution in [0.15, 0.2) is 47.5 Å². The Morgan fingerprint density at radius 3 is 2.57 bits per heavy atom. The number of hydrogen-bond donors (Lipinski definition) is 1. The van der Waals surface area contributed by atoms with Gasteiger partial charge < -0.3 is 15.0 Å². The van der Waals surface area contributed by atoms with Crippen LogP contribution in [-0.2, 0) is 21.3 Å². The third-order valence-electron chi connectivity index (χ3n) is 5.41. The summed E-state index contributed by atoms with van der Waals surface area (Å²) in [4.78, 5) is 19.5. The van der Waals surface area contributed by atoms with Gasteiger partial charge in [0.2, 0.25) is 10.0 Å². The van der Waals surface area contributed by atoms with Crippen molar-refractivity contribution >= 4 is 21.7 Å². The van der Waals surface area contributed by atoms with E-state index in [1.54, 1.807) is 24.4 Å². The second kappa shape index (κ2) is 9.11. The summed E-state index contributed by atoms with van der Waals surface area (Å²) in [6, 6.07) is 10.2. The van der Waals surface area contributed by atoms with Gasteiger partial charge in [0.25, 0.3) is 5.91 Å². The van der Waals surface area contributed by atoms with E-state index in [0.29, 0.717) is 19.8 Å². The number of aromatic nitrogens is 1. The van der Waals surface area contributed by atoms with Crippen LogP contribution < -0.4 is 10.2 Å². The van der Waals surface area contributed by atoms with Gasteiger partial charge in [0.15, 0.2) is 0 Å². The van der Waals surface area contributed by atoms with Gasteiger partial charge in [-0.25, -0.2) is 13.4 Å². The van der Waals surface area contributed by atoms with Crippen molar-refractivity contribution < 1.29 is 17.9 Å². The highest BCUT2D eigenvalue weighted by atomic mass is 32.2. The number of hydrogen-bond acceptors (Lipinski definition) is 6. The molecule has 1 aromatic heterocycles. The van der Waals surface area contributed by atoms with E-state index in [4.69, 9.17) is 4.74 Å². The van der Waals surface area contributed by atoms with Crippen molar-refractivity contribution in [3.63, 3.8) is 0 Å². The minimum absolute atomic E-state index is 0.0249. The van der Waals surface area contributed by atoms with Crippen molar-refractivity contribution in [2.24, 2.45) is 0 Å². The number of amides is 1. The van der Waals surface area contributed by atoms with Crippen LogP contribution in [-0.4, -0.2) is 63.0 Å². The number of nitrogens with zero attached hydrogens (tertiary/aromatic N) is 3. The molecule has 3 heterocycles. The summed E-state index contributed by atoms with van der Waals surface area (Å²) in [6.45, 7) is 3.58. The Morgan fingerprint density at radius 2 is 1.80 bits per heavy atom. The predicted octanol–water partition coefficient (Wildman–Crippen LogP) is 1.63. The summed E-state index contributed by atoms with van der Waals surface area (Å²) < 4.78 is 32.7. The first kappa shape index (κ1) is 20.8. The number of carbonyl (C=O) groups is 1. The van der Waals surface area contributed by atoms with E-state index in [9.17, 15) is 13.2 Å². The van der Waals surface area contributed by atoms with Crippen molar-refractivity contribution in [2.75, 3.05) is 44.3 Å². The number of sulfonamides is 1. The van der Waals surface area contributed by atoms with Crippen LogP contribution in [0.2, 0.25) is 0 Å². The maximum atomic E-state index is 13.1. The van der Waals surface area contributed by atoms with Crippen molar-refractivity contribution in [1.29, 1.82) is 0 Å². The fourth-order valence-corrected chi connectivity index (χ4v) is 5.37. The Morgan fingerprint density at radius 1 is 1.07 bits per heavy atom. The molecule has 0 bridgehead atoms. The van der Waals surface area contributed by atoms with Crippen LogP contribution >= 0.6 is 0 Å². The molecular formula is C21H26N4O4S. The molecule has 0 aliphatic carbocycles. The molecule has 0 unspecified atom stereocenters. The summed E-state index contributed by atoms with van der Waals surface area (Å²) in [7, 11) is -3.76. The fraction of sp³-hybridized carbons (Fsp3) is 0.429. The van der Waals surface area contributed by atoms with Gasteiger partial charge in [-0.2, -0.15) is 4.31 Å². The molecule has 1 N–H and O–H groups in total. The van der Waals surface area contributed by atoms with Crippen LogP contribution in [0.3, 0.4) is 0 Å². The first-order valence-electron chi connectivity index (χ1n) is 10.2. The maximum absolute atomic E-state index is 13.1. The molecule has 0 saturated carbocycles. The van der Waals surface area contributed by atoms with Crippen LogP contribution in [0.5, 0.6) is 0 Å². The minimum atomic E-state index is -3.76. The number of benzene rings is 1. The zero-order chi connectivity index (χ0) is 21.0. The van der Waals surface area contributed by atoms with E-state index in [1.165, 1.54) is 10.4 Å². The van der Waals surface area contributed by atoms with Gasteiger partial charge in [-0.1, -0.05) is 12.1 Å². The average Bonchev–Trinajstić information content (AvgIpc) is 3.33. The highest BCUT2D eigenvalue weighted by Gasteiger charge is 2.30. The largest absolute Gasteiger partial charge is 0.379 e. The van der Waals surface area contributed by atoms with Gasteiger partial charge >= 0.3 is 0 Å². The van der Waals surface area contributed by atoms with Gasteiger partial charge in [-0.15, -0.1) is 0 Å². The monoisotopic (exact) mass is 430 g/mol. The molecule has 30 heavy (non-hydrogen) atoms. The van der Waals surface area contributed by atoms with Crippen LogP contribution in [0.4, 0.5) is 5.82 Å². The van der Waals surface area contributed by atoms with Gasteiger partial charge in [0.1, 0.15) is 5.82 Å². The number of carbonyl (C=O) groups excluding carboxylic acids is 1. The Hall–Kier alpha value is -2.49. The van der Waals surface area contributed by atoms with Crippen LogP contribution in [0.1, 0.15) is 28.8 Å². The first-order valence-corrected chi connectivity index (χ1v) is 11.6. The molecule has 0 atom stereocenters. The van der Waals surface area contributed by atoms with Crippen molar-refractivity contribution in [3.05, 3.63) is 53.7 Å². The summed E-state index contributed by atoms with van der Waals surface area (Å²) >= 11 is 0. The number of rotatable bonds is 6. The SMILES string of the molecule is O=C(NCc1ccnc(N2CCCC2)c1)c1ccccc1S(=O)(=O)N1CCOCC1. The van der Waals surface area contributed by atoms with Crippen molar-refractivity contribution in [2.45, 2.75) is 24.3 Å². The summed E-state index contributed by atoms with van der Waals surface area (Å²) in [6.07, 6.45) is 4.07. The minimum Gasteiger partial charge on any atom is -0.379 e. The van der Waals surface area contributed by atoms with Gasteiger partial charge in [0.05, 0.1) is 23.7 Å². The lowest BCUT2D eigenvalue weighted by Gasteiger charge is -2.26. The lowest BCUT2D eigenvalue weighted by molar-refractivity contribution is 0.0730. The number of morpholine rings is 1. The van der Waals surface area contributed by atoms with Crippen molar-refractivity contribution in [3.8, 4) is 0 Å². The maximum Gasteiger partial charge on any atom is 0.252 e. The number of pyridine rings is 1. The molecule has 2 saturated heterocycles. The molecule has 8 nitrogen and oxygen atoms in total. The molecule has 1 amide bonds. The molecule has 2 aliphatic heterocycles. The number of ether oxygens (including phenoxy) is 1. The topological polar surface area (TPSA) is 91.8 Å². The molecule has 2 fully saturated rings. The Labute approximate surface area is 176 Å². The van der Waals surface area contributed by atoms with Crippen LogP contribution in [0, 0.1) is 0 Å². The van der Waals surface area contributed by atoms with Gasteiger partial charge in [-0.3, -0.25) is 4.79 Å². The Bertz CT molecular complexity index is 1000. The second-order valence-electron chi connectivity index (χ2n) is 7.41. The third kappa shape index (κ3) is 4.48. The van der Waals surface area contributed by atoms with E-state index in [-0.39, 0.29) is 23.5 Å². The van der Waals surface area contributed by atoms with E-state index in [2.05, 4.69) is 15.2 Å². The lowest BCUT2D eigenvalue weighted by atomic mass is 10.2. The molecule has 4 rings (SSSR count). The number of anilines is 1. The lowest BCUT2D eigenvalue weighted by Crippen LogP contribution is -2.41. The molecule has 2 aromatic rings. The zero-order valence-corrected chi connectivity index (χ0v) is 17.6. The van der Waals surface area contributed by atoms with Crippen molar-refractivity contribution in [1.82, 2.24) is 14.6 Å². The molecule has 2 aliphatic rings.